The van der Waals surface area contributed by atoms with Gasteiger partial charge < -0.3 is 15.1 Å². The van der Waals surface area contributed by atoms with Gasteiger partial charge in [0, 0.05) is 37.9 Å². The topological polar surface area (TPSA) is 52.7 Å². The van der Waals surface area contributed by atoms with E-state index < -0.39 is 0 Å². The first-order valence-corrected chi connectivity index (χ1v) is 10.4. The summed E-state index contributed by atoms with van der Waals surface area (Å²) in [6.45, 7) is 6.75. The van der Waals surface area contributed by atoms with Gasteiger partial charge in [0.05, 0.1) is 6.54 Å². The molecule has 1 heterocycles. The SMILES string of the molecule is Cc1ccc(C(=O)NCC(=O)N(C)Cc2ccc(N3CCCCC3)cc2)cc1C. The monoisotopic (exact) mass is 393 g/mol. The molecule has 0 spiro atoms. The van der Waals surface area contributed by atoms with Crippen molar-refractivity contribution in [1.82, 2.24) is 10.2 Å². The molecule has 5 heteroatoms. The highest BCUT2D eigenvalue weighted by Gasteiger charge is 2.14. The van der Waals surface area contributed by atoms with Crippen LogP contribution in [0.2, 0.25) is 0 Å². The van der Waals surface area contributed by atoms with Crippen LogP contribution in [0.15, 0.2) is 42.5 Å². The fraction of sp³-hybridized carbons (Fsp3) is 0.417. The molecule has 1 saturated heterocycles. The standard InChI is InChI=1S/C24H31N3O2/c1-18-7-10-21(15-19(18)2)24(29)25-16-23(28)26(3)17-20-8-11-22(12-9-20)27-13-5-4-6-14-27/h7-12,15H,4-6,13-14,16-17H2,1-3H3,(H,25,29). The highest BCUT2D eigenvalue weighted by Crippen LogP contribution is 2.20. The van der Waals surface area contributed by atoms with E-state index in [-0.39, 0.29) is 18.4 Å². The molecule has 154 valence electrons. The number of carbonyl (C=O) groups is 2. The highest BCUT2D eigenvalue weighted by atomic mass is 16.2. The van der Waals surface area contributed by atoms with Crippen molar-refractivity contribution >= 4 is 17.5 Å². The van der Waals surface area contributed by atoms with Crippen LogP contribution in [0.3, 0.4) is 0 Å². The van der Waals surface area contributed by atoms with Crippen molar-refractivity contribution in [3.8, 4) is 0 Å². The molecule has 0 aromatic heterocycles. The predicted molar refractivity (Wildman–Crippen MR) is 117 cm³/mol. The van der Waals surface area contributed by atoms with Gasteiger partial charge in [-0.2, -0.15) is 0 Å². The lowest BCUT2D eigenvalue weighted by Crippen LogP contribution is -2.37. The van der Waals surface area contributed by atoms with Crippen LogP contribution in [0.4, 0.5) is 5.69 Å². The van der Waals surface area contributed by atoms with E-state index in [0.29, 0.717) is 12.1 Å². The van der Waals surface area contributed by atoms with Gasteiger partial charge >= 0.3 is 0 Å². The summed E-state index contributed by atoms with van der Waals surface area (Å²) in [5, 5.41) is 2.73. The van der Waals surface area contributed by atoms with E-state index in [9.17, 15) is 9.59 Å². The van der Waals surface area contributed by atoms with Crippen LogP contribution in [0.25, 0.3) is 0 Å². The van der Waals surface area contributed by atoms with Gasteiger partial charge in [-0.1, -0.05) is 18.2 Å². The average molecular weight is 394 g/mol. The normalized spacial score (nSPS) is 13.8. The molecule has 1 aliphatic rings. The number of amides is 2. The number of anilines is 1. The van der Waals surface area contributed by atoms with Crippen molar-refractivity contribution in [1.29, 1.82) is 0 Å². The summed E-state index contributed by atoms with van der Waals surface area (Å²) in [4.78, 5) is 28.8. The van der Waals surface area contributed by atoms with Gasteiger partial charge in [-0.3, -0.25) is 9.59 Å². The third-order valence-corrected chi connectivity index (χ3v) is 5.67. The summed E-state index contributed by atoms with van der Waals surface area (Å²) in [7, 11) is 1.77. The van der Waals surface area contributed by atoms with Crippen molar-refractivity contribution in [3.63, 3.8) is 0 Å². The van der Waals surface area contributed by atoms with E-state index in [1.165, 1.54) is 24.9 Å². The zero-order valence-corrected chi connectivity index (χ0v) is 17.7. The molecule has 2 aromatic rings. The molecular weight excluding hydrogens is 362 g/mol. The lowest BCUT2D eigenvalue weighted by atomic mass is 10.1. The summed E-state index contributed by atoms with van der Waals surface area (Å²) in [5.74, 6) is -0.331. The number of piperidine rings is 1. The number of hydrogen-bond donors (Lipinski definition) is 1. The fourth-order valence-corrected chi connectivity index (χ4v) is 3.60. The Bertz CT molecular complexity index is 855. The summed E-state index contributed by atoms with van der Waals surface area (Å²) >= 11 is 0. The molecule has 0 aliphatic carbocycles. The van der Waals surface area contributed by atoms with Crippen molar-refractivity contribution in [2.45, 2.75) is 39.7 Å². The second-order valence-corrected chi connectivity index (χ2v) is 7.95. The number of nitrogens with one attached hydrogen (secondary N) is 1. The minimum atomic E-state index is -0.222. The lowest BCUT2D eigenvalue weighted by molar-refractivity contribution is -0.129. The van der Waals surface area contributed by atoms with Gasteiger partial charge in [-0.15, -0.1) is 0 Å². The quantitative estimate of drug-likeness (QED) is 0.814. The maximum atomic E-state index is 12.4. The second-order valence-electron chi connectivity index (χ2n) is 7.95. The van der Waals surface area contributed by atoms with Gasteiger partial charge in [-0.05, 0) is 74.1 Å². The highest BCUT2D eigenvalue weighted by molar-refractivity contribution is 5.96. The Labute approximate surface area is 173 Å². The summed E-state index contributed by atoms with van der Waals surface area (Å²) in [6, 6.07) is 14.0. The fourth-order valence-electron chi connectivity index (χ4n) is 3.60. The van der Waals surface area contributed by atoms with Crippen LogP contribution >= 0.6 is 0 Å². The molecule has 0 atom stereocenters. The summed E-state index contributed by atoms with van der Waals surface area (Å²) in [5.41, 5.74) is 5.12. The predicted octanol–water partition coefficient (Wildman–Crippen LogP) is 3.68. The Morgan fingerprint density at radius 1 is 0.966 bits per heavy atom. The molecular formula is C24H31N3O2. The Morgan fingerprint density at radius 2 is 1.66 bits per heavy atom. The minimum absolute atomic E-state index is 0.00583. The Hall–Kier alpha value is -2.82. The van der Waals surface area contributed by atoms with Crippen molar-refractivity contribution in [2.75, 3.05) is 31.6 Å². The summed E-state index contributed by atoms with van der Waals surface area (Å²) < 4.78 is 0. The van der Waals surface area contributed by atoms with Crippen LogP contribution in [-0.4, -0.2) is 43.4 Å². The van der Waals surface area contributed by atoms with E-state index >= 15 is 0 Å². The van der Waals surface area contributed by atoms with Gasteiger partial charge in [0.15, 0.2) is 0 Å². The maximum absolute atomic E-state index is 12.4. The van der Waals surface area contributed by atoms with Gasteiger partial charge in [0.1, 0.15) is 0 Å². The largest absolute Gasteiger partial charge is 0.372 e. The first-order valence-electron chi connectivity index (χ1n) is 10.4. The van der Waals surface area contributed by atoms with E-state index in [2.05, 4.69) is 34.5 Å². The third kappa shape index (κ3) is 5.59. The second kappa shape index (κ2) is 9.59. The molecule has 1 N–H and O–H groups in total. The third-order valence-electron chi connectivity index (χ3n) is 5.67. The Balaban J connectivity index is 1.49. The van der Waals surface area contributed by atoms with Crippen LogP contribution in [0.5, 0.6) is 0 Å². The Kier molecular flexibility index (Phi) is 6.91. The molecule has 1 fully saturated rings. The van der Waals surface area contributed by atoms with Crippen molar-refractivity contribution < 1.29 is 9.59 Å². The Morgan fingerprint density at radius 3 is 2.31 bits per heavy atom. The number of carbonyl (C=O) groups excluding carboxylic acids is 2. The molecule has 3 rings (SSSR count). The number of benzene rings is 2. The van der Waals surface area contributed by atoms with E-state index in [4.69, 9.17) is 0 Å². The summed E-state index contributed by atoms with van der Waals surface area (Å²) in [6.07, 6.45) is 3.83. The molecule has 0 bridgehead atoms. The zero-order valence-electron chi connectivity index (χ0n) is 17.7. The number of rotatable bonds is 6. The van der Waals surface area contributed by atoms with E-state index in [0.717, 1.165) is 29.8 Å². The molecule has 0 radical (unpaired) electrons. The average Bonchev–Trinajstić information content (AvgIpc) is 2.74. The first-order chi connectivity index (χ1) is 13.9. The maximum Gasteiger partial charge on any atom is 0.251 e. The molecule has 2 amide bonds. The molecule has 1 aliphatic heterocycles. The molecule has 5 nitrogen and oxygen atoms in total. The van der Waals surface area contributed by atoms with Gasteiger partial charge in [0.25, 0.3) is 5.91 Å². The minimum Gasteiger partial charge on any atom is -0.372 e. The lowest BCUT2D eigenvalue weighted by Gasteiger charge is -2.29. The number of nitrogens with zero attached hydrogens (tertiary/aromatic N) is 2. The van der Waals surface area contributed by atoms with Crippen LogP contribution in [-0.2, 0) is 11.3 Å². The molecule has 2 aromatic carbocycles. The van der Waals surface area contributed by atoms with Crippen molar-refractivity contribution in [3.05, 3.63) is 64.7 Å². The van der Waals surface area contributed by atoms with Gasteiger partial charge in [0.2, 0.25) is 5.91 Å². The number of likely N-dealkylation sites (N-methyl/N-ethyl adjacent to an activating group) is 1. The van der Waals surface area contributed by atoms with Crippen LogP contribution < -0.4 is 10.2 Å². The van der Waals surface area contributed by atoms with Crippen LogP contribution in [0.1, 0.15) is 46.3 Å². The zero-order chi connectivity index (χ0) is 20.8. The smallest absolute Gasteiger partial charge is 0.251 e. The van der Waals surface area contributed by atoms with E-state index in [1.54, 1.807) is 18.0 Å². The molecule has 29 heavy (non-hydrogen) atoms. The number of aryl methyl sites for hydroxylation is 2. The number of hydrogen-bond acceptors (Lipinski definition) is 3. The molecule has 0 saturated carbocycles. The molecule has 0 unspecified atom stereocenters. The van der Waals surface area contributed by atoms with Gasteiger partial charge in [-0.25, -0.2) is 0 Å². The van der Waals surface area contributed by atoms with Crippen molar-refractivity contribution in [2.24, 2.45) is 0 Å². The van der Waals surface area contributed by atoms with Crippen LogP contribution in [0, 0.1) is 13.8 Å². The van der Waals surface area contributed by atoms with E-state index in [1.807, 2.05) is 26.0 Å². The first kappa shape index (κ1) is 20.9.